The Morgan fingerprint density at radius 2 is 0.895 bits per heavy atom. The van der Waals surface area contributed by atoms with Crippen molar-refractivity contribution in [2.45, 2.75) is 103 Å². The maximum atomic E-state index is 12.9. The molecule has 0 bridgehead atoms. The largest absolute Gasteiger partial charge is 0.323 e. The Bertz CT molecular complexity index is 216. The molecule has 2 heteroatoms. The van der Waals surface area contributed by atoms with Gasteiger partial charge in [-0.25, -0.2) is 0 Å². The Labute approximate surface area is 122 Å². The molecule has 0 aliphatic heterocycles. The smallest absolute Gasteiger partial charge is 0.0906 e. The van der Waals surface area contributed by atoms with E-state index in [4.69, 9.17) is 0 Å². The monoisotopic (exact) mass is 288 g/mol. The minimum Gasteiger partial charge on any atom is -0.323 e. The molecular weight excluding hydrogens is 251 g/mol. The zero-order valence-electron chi connectivity index (χ0n) is 14.1. The maximum absolute atomic E-state index is 12.9. The second-order valence-electron chi connectivity index (χ2n) is 5.64. The fourth-order valence-electron chi connectivity index (χ4n) is 3.49. The van der Waals surface area contributed by atoms with E-state index in [2.05, 4.69) is 6.66 Å². The highest BCUT2D eigenvalue weighted by Gasteiger charge is 2.36. The first-order valence-corrected chi connectivity index (χ1v) is 11.1. The molecule has 2 rings (SSSR count). The van der Waals surface area contributed by atoms with Crippen LogP contribution in [0.1, 0.15) is 91.9 Å². The van der Waals surface area contributed by atoms with Crippen LogP contribution in [0.2, 0.25) is 0 Å². The Morgan fingerprint density at radius 3 is 1.16 bits per heavy atom. The van der Waals surface area contributed by atoms with Crippen LogP contribution < -0.4 is 0 Å². The highest BCUT2D eigenvalue weighted by atomic mass is 31.2. The van der Waals surface area contributed by atoms with Crippen molar-refractivity contribution in [3.8, 4) is 0 Å². The van der Waals surface area contributed by atoms with E-state index in [1.807, 2.05) is 27.7 Å². The number of hydrogen-bond acceptors (Lipinski definition) is 1. The zero-order valence-corrected chi connectivity index (χ0v) is 15.0. The molecule has 0 spiro atoms. The first-order valence-electron chi connectivity index (χ1n) is 8.78. The summed E-state index contributed by atoms with van der Waals surface area (Å²) in [5, 5.41) is 0. The van der Waals surface area contributed by atoms with Gasteiger partial charge in [-0.05, 0) is 32.3 Å². The Hall–Kier alpha value is 0.230. The number of rotatable bonds is 2. The van der Waals surface area contributed by atoms with E-state index in [-0.39, 0.29) is 0 Å². The van der Waals surface area contributed by atoms with Crippen LogP contribution in [0.3, 0.4) is 0 Å². The van der Waals surface area contributed by atoms with Crippen molar-refractivity contribution in [1.82, 2.24) is 0 Å². The number of hydrogen-bond donors (Lipinski definition) is 0. The van der Waals surface area contributed by atoms with Gasteiger partial charge in [0.05, 0.1) is 7.14 Å². The molecule has 1 nitrogen and oxygen atoms in total. The highest BCUT2D eigenvalue weighted by molar-refractivity contribution is 7.64. The van der Waals surface area contributed by atoms with Gasteiger partial charge in [-0.3, -0.25) is 0 Å². The fraction of sp³-hybridized carbons (Fsp3) is 1.00. The lowest BCUT2D eigenvalue weighted by Gasteiger charge is -2.35. The van der Waals surface area contributed by atoms with Crippen LogP contribution >= 0.6 is 7.14 Å². The van der Waals surface area contributed by atoms with E-state index in [9.17, 15) is 4.57 Å². The molecule has 2 saturated carbocycles. The topological polar surface area (TPSA) is 17.1 Å². The lowest BCUT2D eigenvalue weighted by molar-refractivity contribution is 0.450. The van der Waals surface area contributed by atoms with Gasteiger partial charge >= 0.3 is 0 Å². The first-order chi connectivity index (χ1) is 9.21. The molecule has 19 heavy (non-hydrogen) atoms. The molecule has 0 unspecified atom stereocenters. The van der Waals surface area contributed by atoms with Gasteiger partial charge in [-0.2, -0.15) is 0 Å². The van der Waals surface area contributed by atoms with Crippen LogP contribution in [0, 0.1) is 0 Å². The van der Waals surface area contributed by atoms with Crippen LogP contribution in [-0.2, 0) is 4.57 Å². The molecule has 0 aromatic heterocycles. The minimum atomic E-state index is -1.84. The van der Waals surface area contributed by atoms with Gasteiger partial charge in [-0.15, -0.1) is 0 Å². The lowest BCUT2D eigenvalue weighted by atomic mass is 9.99. The van der Waals surface area contributed by atoms with Crippen LogP contribution in [-0.4, -0.2) is 18.0 Å². The van der Waals surface area contributed by atoms with Gasteiger partial charge in [0.15, 0.2) is 0 Å². The van der Waals surface area contributed by atoms with Gasteiger partial charge in [0.2, 0.25) is 0 Å². The summed E-state index contributed by atoms with van der Waals surface area (Å²) in [7, 11) is -1.84. The van der Waals surface area contributed by atoms with E-state index in [1.54, 1.807) is 0 Å². The van der Waals surface area contributed by atoms with Crippen molar-refractivity contribution in [2.75, 3.05) is 6.66 Å². The van der Waals surface area contributed by atoms with Crippen LogP contribution in [0.15, 0.2) is 0 Å². The van der Waals surface area contributed by atoms with Gasteiger partial charge in [-0.1, -0.05) is 66.2 Å². The molecule has 0 radical (unpaired) electrons. The first kappa shape index (κ1) is 19.2. The van der Waals surface area contributed by atoms with Crippen LogP contribution in [0.5, 0.6) is 0 Å². The SMILES string of the molecule is CC.CC.CP(=O)(C1CCCCC1)C1CCCCC1. The van der Waals surface area contributed by atoms with Gasteiger partial charge in [0.25, 0.3) is 0 Å². The summed E-state index contributed by atoms with van der Waals surface area (Å²) < 4.78 is 12.9. The minimum absolute atomic E-state index is 0.592. The quantitative estimate of drug-likeness (QED) is 0.517. The van der Waals surface area contributed by atoms with Gasteiger partial charge in [0.1, 0.15) is 0 Å². The zero-order chi connectivity index (χ0) is 14.7. The fourth-order valence-corrected chi connectivity index (χ4v) is 6.86. The van der Waals surface area contributed by atoms with E-state index in [0.29, 0.717) is 11.3 Å². The van der Waals surface area contributed by atoms with Crippen LogP contribution in [0.4, 0.5) is 0 Å². The molecular formula is C17H37OP. The van der Waals surface area contributed by atoms with E-state index in [1.165, 1.54) is 64.2 Å². The van der Waals surface area contributed by atoms with E-state index >= 15 is 0 Å². The second-order valence-corrected chi connectivity index (χ2v) is 9.22. The van der Waals surface area contributed by atoms with Gasteiger partial charge < -0.3 is 4.57 Å². The summed E-state index contributed by atoms with van der Waals surface area (Å²) in [6.45, 7) is 10.1. The summed E-state index contributed by atoms with van der Waals surface area (Å²) in [5.74, 6) is 0. The van der Waals surface area contributed by atoms with E-state index in [0.717, 1.165) is 0 Å². The molecule has 0 aromatic carbocycles. The summed E-state index contributed by atoms with van der Waals surface area (Å²) >= 11 is 0. The van der Waals surface area contributed by atoms with Crippen molar-refractivity contribution in [1.29, 1.82) is 0 Å². The molecule has 0 atom stereocenters. The van der Waals surface area contributed by atoms with Crippen molar-refractivity contribution in [2.24, 2.45) is 0 Å². The molecule has 0 N–H and O–H groups in total. The van der Waals surface area contributed by atoms with E-state index < -0.39 is 7.14 Å². The van der Waals surface area contributed by atoms with Crippen molar-refractivity contribution in [3.05, 3.63) is 0 Å². The maximum Gasteiger partial charge on any atom is 0.0906 e. The normalized spacial score (nSPS) is 21.7. The third-order valence-electron chi connectivity index (χ3n) is 4.60. The van der Waals surface area contributed by atoms with Gasteiger partial charge in [0, 0.05) is 11.3 Å². The molecule has 2 aliphatic rings. The highest BCUT2D eigenvalue weighted by Crippen LogP contribution is 2.59. The standard InChI is InChI=1S/C13H25OP.2C2H6/c1-15(14,12-8-4-2-5-9-12)13-10-6-3-7-11-13;2*1-2/h12-13H,2-11H2,1H3;2*1-2H3. The molecule has 2 aliphatic carbocycles. The molecule has 0 saturated heterocycles. The second kappa shape index (κ2) is 11.0. The molecule has 116 valence electrons. The van der Waals surface area contributed by atoms with Crippen molar-refractivity contribution >= 4 is 7.14 Å². The summed E-state index contributed by atoms with van der Waals surface area (Å²) in [4.78, 5) is 0. The Kier molecular flexibility index (Phi) is 11.1. The predicted molar refractivity (Wildman–Crippen MR) is 90.0 cm³/mol. The van der Waals surface area contributed by atoms with Crippen molar-refractivity contribution < 1.29 is 4.57 Å². The third-order valence-corrected chi connectivity index (χ3v) is 8.53. The summed E-state index contributed by atoms with van der Waals surface area (Å²) in [6.07, 6.45) is 13.1. The van der Waals surface area contributed by atoms with Crippen LogP contribution in [0.25, 0.3) is 0 Å². The average molecular weight is 288 g/mol. The lowest BCUT2D eigenvalue weighted by Crippen LogP contribution is -2.22. The Balaban J connectivity index is 0.000000741. The molecule has 0 aromatic rings. The molecule has 0 heterocycles. The predicted octanol–water partition coefficient (Wildman–Crippen LogP) is 6.70. The van der Waals surface area contributed by atoms with Crippen molar-refractivity contribution in [3.63, 3.8) is 0 Å². The third kappa shape index (κ3) is 6.03. The molecule has 0 amide bonds. The summed E-state index contributed by atoms with van der Waals surface area (Å²) in [5.41, 5.74) is 1.18. The average Bonchev–Trinajstić information content (AvgIpc) is 2.53. The summed E-state index contributed by atoms with van der Waals surface area (Å²) in [6, 6.07) is 0. The molecule has 2 fully saturated rings. The Morgan fingerprint density at radius 1 is 0.632 bits per heavy atom.